The van der Waals surface area contributed by atoms with Crippen LogP contribution in [0.15, 0.2) is 17.0 Å². The number of nitrogens with zero attached hydrogens (tertiary/aromatic N) is 1. The Labute approximate surface area is 97.6 Å². The second-order valence-corrected chi connectivity index (χ2v) is 5.21. The maximum atomic E-state index is 13.0. The number of hydrogen-bond acceptors (Lipinski definition) is 4. The highest BCUT2D eigenvalue weighted by molar-refractivity contribution is 7.89. The van der Waals surface area contributed by atoms with Crippen molar-refractivity contribution in [2.45, 2.75) is 4.90 Å². The first-order chi connectivity index (χ1) is 7.30. The predicted molar refractivity (Wildman–Crippen MR) is 57.8 cm³/mol. The molecular formula is C8H10ClFN2O3S. The molecule has 90 valence electrons. The molecule has 0 amide bonds. The van der Waals surface area contributed by atoms with Crippen LogP contribution in [0.1, 0.15) is 0 Å². The molecule has 8 heteroatoms. The normalized spacial score (nSPS) is 12.1. The zero-order chi connectivity index (χ0) is 12.5. The van der Waals surface area contributed by atoms with Gasteiger partial charge in [-0.2, -0.15) is 0 Å². The van der Waals surface area contributed by atoms with E-state index in [-0.39, 0.29) is 15.6 Å². The van der Waals surface area contributed by atoms with Crippen LogP contribution in [0.3, 0.4) is 0 Å². The molecule has 1 rings (SSSR count). The number of anilines is 1. The van der Waals surface area contributed by atoms with E-state index >= 15 is 0 Å². The third kappa shape index (κ3) is 2.27. The molecule has 0 atom stereocenters. The van der Waals surface area contributed by atoms with Gasteiger partial charge in [0.2, 0.25) is 0 Å². The van der Waals surface area contributed by atoms with Gasteiger partial charge in [-0.3, -0.25) is 4.84 Å². The van der Waals surface area contributed by atoms with E-state index in [1.54, 1.807) is 0 Å². The Morgan fingerprint density at radius 3 is 2.56 bits per heavy atom. The zero-order valence-corrected chi connectivity index (χ0v) is 10.1. The first kappa shape index (κ1) is 13.2. The largest absolute Gasteiger partial charge is 0.396 e. The van der Waals surface area contributed by atoms with E-state index in [0.29, 0.717) is 4.47 Å². The maximum Gasteiger partial charge on any atom is 0.266 e. The quantitative estimate of drug-likeness (QED) is 0.661. The molecule has 0 radical (unpaired) electrons. The highest BCUT2D eigenvalue weighted by atomic mass is 35.5. The van der Waals surface area contributed by atoms with Crippen molar-refractivity contribution >= 4 is 27.3 Å². The van der Waals surface area contributed by atoms with Gasteiger partial charge in [-0.1, -0.05) is 16.1 Å². The summed E-state index contributed by atoms with van der Waals surface area (Å²) >= 11 is 5.63. The molecule has 0 aliphatic heterocycles. The number of hydroxylamine groups is 1. The Bertz CT molecular complexity index is 506. The molecule has 0 aliphatic carbocycles. The lowest BCUT2D eigenvalue weighted by molar-refractivity contribution is -0.0258. The molecule has 5 nitrogen and oxygen atoms in total. The fourth-order valence-electron chi connectivity index (χ4n) is 0.979. The van der Waals surface area contributed by atoms with Gasteiger partial charge in [-0.25, -0.2) is 12.8 Å². The summed E-state index contributed by atoms with van der Waals surface area (Å²) in [6.45, 7) is 0. The van der Waals surface area contributed by atoms with Crippen LogP contribution in [0.25, 0.3) is 0 Å². The average Bonchev–Trinajstić information content (AvgIpc) is 2.21. The third-order valence-corrected chi connectivity index (χ3v) is 4.07. The van der Waals surface area contributed by atoms with E-state index in [4.69, 9.17) is 17.3 Å². The van der Waals surface area contributed by atoms with Gasteiger partial charge in [0.05, 0.1) is 17.8 Å². The summed E-state index contributed by atoms with van der Waals surface area (Å²) in [7, 11) is -1.56. The Morgan fingerprint density at radius 2 is 2.06 bits per heavy atom. The van der Waals surface area contributed by atoms with Gasteiger partial charge < -0.3 is 5.73 Å². The molecule has 1 aromatic rings. The highest BCUT2D eigenvalue weighted by Crippen LogP contribution is 2.28. The van der Waals surface area contributed by atoms with Crippen LogP contribution in [-0.2, 0) is 14.9 Å². The van der Waals surface area contributed by atoms with Gasteiger partial charge in [0.25, 0.3) is 10.0 Å². The molecule has 2 N–H and O–H groups in total. The van der Waals surface area contributed by atoms with Crippen molar-refractivity contribution in [3.8, 4) is 0 Å². The van der Waals surface area contributed by atoms with Crippen LogP contribution < -0.4 is 5.73 Å². The van der Waals surface area contributed by atoms with E-state index < -0.39 is 15.8 Å². The van der Waals surface area contributed by atoms with E-state index in [2.05, 4.69) is 4.84 Å². The SMILES string of the molecule is CON(C)S(=O)(=O)c1cc(N)c(F)cc1Cl. The fraction of sp³-hybridized carbons (Fsp3) is 0.250. The maximum absolute atomic E-state index is 13.0. The third-order valence-electron chi connectivity index (χ3n) is 1.92. The monoisotopic (exact) mass is 268 g/mol. The van der Waals surface area contributed by atoms with Crippen molar-refractivity contribution in [2.24, 2.45) is 0 Å². The van der Waals surface area contributed by atoms with Crippen molar-refractivity contribution in [3.63, 3.8) is 0 Å². The van der Waals surface area contributed by atoms with Crippen molar-refractivity contribution in [1.29, 1.82) is 0 Å². The van der Waals surface area contributed by atoms with Crippen LogP contribution in [0, 0.1) is 5.82 Å². The molecule has 1 aromatic carbocycles. The van der Waals surface area contributed by atoms with E-state index in [0.717, 1.165) is 12.1 Å². The number of halogens is 2. The predicted octanol–water partition coefficient (Wildman–Crippen LogP) is 1.24. The smallest absolute Gasteiger partial charge is 0.266 e. The zero-order valence-electron chi connectivity index (χ0n) is 8.57. The van der Waals surface area contributed by atoms with E-state index in [1.807, 2.05) is 0 Å². The van der Waals surface area contributed by atoms with Crippen LogP contribution >= 0.6 is 11.6 Å². The first-order valence-electron chi connectivity index (χ1n) is 4.08. The standard InChI is InChI=1S/C8H10ClFN2O3S/c1-12(15-2)16(13,14)8-4-7(11)6(10)3-5(8)9/h3-4H,11H2,1-2H3. The molecule has 0 saturated carbocycles. The van der Waals surface area contributed by atoms with Gasteiger partial charge in [-0.05, 0) is 12.1 Å². The summed E-state index contributed by atoms with van der Waals surface area (Å²) in [5, 5.41) is -0.254. The number of sulfonamides is 1. The van der Waals surface area contributed by atoms with E-state index in [9.17, 15) is 12.8 Å². The van der Waals surface area contributed by atoms with Crippen molar-refractivity contribution in [2.75, 3.05) is 19.9 Å². The highest BCUT2D eigenvalue weighted by Gasteiger charge is 2.25. The molecule has 0 fully saturated rings. The van der Waals surface area contributed by atoms with Crippen molar-refractivity contribution in [1.82, 2.24) is 4.47 Å². The van der Waals surface area contributed by atoms with Crippen molar-refractivity contribution < 1.29 is 17.6 Å². The number of nitrogen functional groups attached to an aromatic ring is 1. The number of hydrogen-bond donors (Lipinski definition) is 1. The summed E-state index contributed by atoms with van der Waals surface area (Å²) < 4.78 is 37.2. The van der Waals surface area contributed by atoms with Gasteiger partial charge >= 0.3 is 0 Å². The van der Waals surface area contributed by atoms with Crippen LogP contribution in [-0.4, -0.2) is 27.0 Å². The summed E-state index contributed by atoms with van der Waals surface area (Å²) in [4.78, 5) is 4.24. The molecular weight excluding hydrogens is 259 g/mol. The van der Waals surface area contributed by atoms with E-state index in [1.165, 1.54) is 14.2 Å². The lowest BCUT2D eigenvalue weighted by atomic mass is 10.3. The topological polar surface area (TPSA) is 72.6 Å². The molecule has 0 aromatic heterocycles. The van der Waals surface area contributed by atoms with Gasteiger partial charge in [0.15, 0.2) is 0 Å². The number of rotatable bonds is 3. The summed E-state index contributed by atoms with van der Waals surface area (Å²) in [5.41, 5.74) is 4.97. The Hall–Kier alpha value is -0.890. The fourth-order valence-corrected chi connectivity index (χ4v) is 2.48. The van der Waals surface area contributed by atoms with Gasteiger partial charge in [-0.15, -0.1) is 0 Å². The minimum Gasteiger partial charge on any atom is -0.396 e. The Kier molecular flexibility index (Phi) is 3.74. The molecule has 0 aliphatic rings. The second-order valence-electron chi connectivity index (χ2n) is 2.90. The molecule has 0 unspecified atom stereocenters. The van der Waals surface area contributed by atoms with Crippen LogP contribution in [0.4, 0.5) is 10.1 Å². The second kappa shape index (κ2) is 4.54. The molecule has 16 heavy (non-hydrogen) atoms. The number of benzene rings is 1. The number of nitrogens with two attached hydrogens (primary N) is 1. The Balaban J connectivity index is 3.40. The molecule has 0 bridgehead atoms. The van der Waals surface area contributed by atoms with Gasteiger partial charge in [0.1, 0.15) is 10.7 Å². The molecule has 0 saturated heterocycles. The minimum atomic E-state index is -3.93. The van der Waals surface area contributed by atoms with Crippen LogP contribution in [0.2, 0.25) is 5.02 Å². The summed E-state index contributed by atoms with van der Waals surface area (Å²) in [6, 6.07) is 1.79. The van der Waals surface area contributed by atoms with Crippen molar-refractivity contribution in [3.05, 3.63) is 23.0 Å². The minimum absolute atomic E-state index is 0.254. The van der Waals surface area contributed by atoms with Gasteiger partial charge in [0, 0.05) is 7.05 Å². The lowest BCUT2D eigenvalue weighted by Crippen LogP contribution is -2.26. The average molecular weight is 269 g/mol. The van der Waals surface area contributed by atoms with Crippen LogP contribution in [0.5, 0.6) is 0 Å². The molecule has 0 heterocycles. The Morgan fingerprint density at radius 1 is 1.50 bits per heavy atom. The first-order valence-corrected chi connectivity index (χ1v) is 5.90. The summed E-state index contributed by atoms with van der Waals surface area (Å²) in [6.07, 6.45) is 0. The lowest BCUT2D eigenvalue weighted by Gasteiger charge is -2.15. The molecule has 0 spiro atoms. The summed E-state index contributed by atoms with van der Waals surface area (Å²) in [5.74, 6) is -0.774.